The largest absolute Gasteiger partial charge is 0.379 e. The van der Waals surface area contributed by atoms with E-state index in [9.17, 15) is 4.79 Å². The fraction of sp³-hybridized carbons (Fsp3) is 0.909. The molecule has 2 heterocycles. The van der Waals surface area contributed by atoms with Crippen LogP contribution in [-0.4, -0.2) is 60.2 Å². The highest BCUT2D eigenvalue weighted by molar-refractivity contribution is 9.09. The van der Waals surface area contributed by atoms with E-state index in [1.807, 2.05) is 5.01 Å². The first-order valence-electron chi connectivity index (χ1n) is 11.4. The molecule has 1 saturated heterocycles. The molecule has 0 aromatic heterocycles. The lowest BCUT2D eigenvalue weighted by atomic mass is 9.77. The molecule has 7 heteroatoms. The lowest BCUT2D eigenvalue weighted by Crippen LogP contribution is -2.43. The maximum absolute atomic E-state index is 13.3. The quantitative estimate of drug-likeness (QED) is 0.563. The van der Waals surface area contributed by atoms with Crippen molar-refractivity contribution in [3.8, 4) is 0 Å². The number of carbonyl (C=O) groups is 1. The molecule has 0 bridgehead atoms. The Morgan fingerprint density at radius 3 is 2.45 bits per heavy atom. The van der Waals surface area contributed by atoms with Crippen LogP contribution in [0.15, 0.2) is 5.10 Å². The van der Waals surface area contributed by atoms with Crippen LogP contribution in [0.5, 0.6) is 0 Å². The monoisotopic (exact) mass is 470 g/mol. The maximum atomic E-state index is 13.3. The van der Waals surface area contributed by atoms with E-state index in [2.05, 4.69) is 15.9 Å². The number of ether oxygens (including phenoxy) is 3. The lowest BCUT2D eigenvalue weighted by Gasteiger charge is -2.34. The molecule has 0 radical (unpaired) electrons. The van der Waals surface area contributed by atoms with Gasteiger partial charge in [0.15, 0.2) is 0 Å². The molecule has 0 aromatic rings. The Balaban J connectivity index is 1.51. The molecule has 0 N–H and O–H groups in total. The SMILES string of the molecule is COC1CCC(C2=NN(C(=O)C3CCC(Br)O3)C(C3CCCCC3)C2)CC1OC. The predicted molar refractivity (Wildman–Crippen MR) is 115 cm³/mol. The molecule has 6 atom stereocenters. The van der Waals surface area contributed by atoms with E-state index in [0.717, 1.165) is 38.5 Å². The molecule has 3 fully saturated rings. The van der Waals surface area contributed by atoms with Gasteiger partial charge in [-0.05, 0) is 50.9 Å². The third kappa shape index (κ3) is 4.73. The maximum Gasteiger partial charge on any atom is 0.272 e. The van der Waals surface area contributed by atoms with Crippen LogP contribution < -0.4 is 0 Å². The van der Waals surface area contributed by atoms with Crippen molar-refractivity contribution in [1.82, 2.24) is 5.01 Å². The second-order valence-corrected chi connectivity index (χ2v) is 10.1. The van der Waals surface area contributed by atoms with Crippen molar-refractivity contribution in [1.29, 1.82) is 0 Å². The fourth-order valence-corrected chi connectivity index (χ4v) is 6.27. The van der Waals surface area contributed by atoms with Crippen molar-refractivity contribution in [2.24, 2.45) is 16.9 Å². The van der Waals surface area contributed by atoms with Crippen molar-refractivity contribution in [2.75, 3.05) is 14.2 Å². The van der Waals surface area contributed by atoms with Crippen LogP contribution in [0.1, 0.15) is 70.6 Å². The number of carbonyl (C=O) groups excluding carboxylic acids is 1. The number of hydrogen-bond acceptors (Lipinski definition) is 5. The van der Waals surface area contributed by atoms with Gasteiger partial charge in [0.2, 0.25) is 0 Å². The molecule has 6 nitrogen and oxygen atoms in total. The van der Waals surface area contributed by atoms with Gasteiger partial charge in [-0.1, -0.05) is 35.2 Å². The van der Waals surface area contributed by atoms with Crippen LogP contribution in [0.3, 0.4) is 0 Å². The molecule has 0 aromatic carbocycles. The van der Waals surface area contributed by atoms with Gasteiger partial charge in [-0.15, -0.1) is 0 Å². The van der Waals surface area contributed by atoms with E-state index in [1.54, 1.807) is 14.2 Å². The van der Waals surface area contributed by atoms with Crippen LogP contribution >= 0.6 is 15.9 Å². The number of amides is 1. The summed E-state index contributed by atoms with van der Waals surface area (Å²) in [5.74, 6) is 0.999. The Morgan fingerprint density at radius 1 is 1.03 bits per heavy atom. The Morgan fingerprint density at radius 2 is 1.79 bits per heavy atom. The summed E-state index contributed by atoms with van der Waals surface area (Å²) in [4.78, 5) is 13.3. The van der Waals surface area contributed by atoms with Gasteiger partial charge in [0, 0.05) is 32.3 Å². The number of nitrogens with zero attached hydrogens (tertiary/aromatic N) is 2. The highest BCUT2D eigenvalue weighted by atomic mass is 79.9. The zero-order chi connectivity index (χ0) is 20.4. The Labute approximate surface area is 182 Å². The first kappa shape index (κ1) is 21.7. The Hall–Kier alpha value is -0.500. The molecule has 1 amide bonds. The summed E-state index contributed by atoms with van der Waals surface area (Å²) in [6, 6.07) is 0.205. The second-order valence-electron chi connectivity index (χ2n) is 9.11. The molecule has 164 valence electrons. The number of hydrogen-bond donors (Lipinski definition) is 0. The van der Waals surface area contributed by atoms with E-state index in [1.165, 1.54) is 37.8 Å². The van der Waals surface area contributed by atoms with Crippen molar-refractivity contribution >= 4 is 27.5 Å². The summed E-state index contributed by atoms with van der Waals surface area (Å²) in [6.45, 7) is 0. The number of rotatable bonds is 5. The zero-order valence-corrected chi connectivity index (χ0v) is 19.3. The minimum atomic E-state index is -0.357. The minimum absolute atomic E-state index is 0.0117. The third-order valence-electron chi connectivity index (χ3n) is 7.44. The molecule has 4 aliphatic rings. The number of halogens is 1. The van der Waals surface area contributed by atoms with Gasteiger partial charge < -0.3 is 14.2 Å². The van der Waals surface area contributed by atoms with Crippen LogP contribution in [-0.2, 0) is 19.0 Å². The van der Waals surface area contributed by atoms with Crippen LogP contribution in [0.4, 0.5) is 0 Å². The van der Waals surface area contributed by atoms with E-state index in [4.69, 9.17) is 19.3 Å². The lowest BCUT2D eigenvalue weighted by molar-refractivity contribution is -0.144. The van der Waals surface area contributed by atoms with Crippen molar-refractivity contribution in [3.63, 3.8) is 0 Å². The molecule has 6 unspecified atom stereocenters. The van der Waals surface area contributed by atoms with E-state index in [0.29, 0.717) is 11.8 Å². The summed E-state index contributed by atoms with van der Waals surface area (Å²) in [5.41, 5.74) is 1.19. The van der Waals surface area contributed by atoms with E-state index < -0.39 is 0 Å². The first-order valence-corrected chi connectivity index (χ1v) is 12.3. The summed E-state index contributed by atoms with van der Waals surface area (Å²) in [6.07, 6.45) is 11.7. The van der Waals surface area contributed by atoms with Crippen molar-refractivity contribution in [3.05, 3.63) is 0 Å². The average molecular weight is 471 g/mol. The van der Waals surface area contributed by atoms with Crippen molar-refractivity contribution in [2.45, 2.75) is 100.0 Å². The van der Waals surface area contributed by atoms with Gasteiger partial charge in [-0.2, -0.15) is 5.10 Å². The molecule has 0 spiro atoms. The van der Waals surface area contributed by atoms with Crippen LogP contribution in [0, 0.1) is 11.8 Å². The highest BCUT2D eigenvalue weighted by Gasteiger charge is 2.44. The standard InChI is InChI=1S/C22H35BrN2O4/c1-27-18-9-8-15(12-20(18)28-2)16-13-17(14-6-4-3-5-7-14)25(24-16)22(26)19-10-11-21(23)29-19/h14-15,17-21H,3-13H2,1-2H3. The number of methoxy groups -OCH3 is 2. The Bertz CT molecular complexity index is 610. The highest BCUT2D eigenvalue weighted by Crippen LogP contribution is 2.39. The van der Waals surface area contributed by atoms with E-state index >= 15 is 0 Å². The molecule has 4 rings (SSSR count). The van der Waals surface area contributed by atoms with Gasteiger partial charge in [-0.3, -0.25) is 4.79 Å². The Kier molecular flexibility index (Phi) is 7.30. The summed E-state index contributed by atoms with van der Waals surface area (Å²) in [7, 11) is 3.53. The average Bonchev–Trinajstić information content (AvgIpc) is 3.40. The molecular formula is C22H35BrN2O4. The smallest absolute Gasteiger partial charge is 0.272 e. The van der Waals surface area contributed by atoms with Crippen molar-refractivity contribution < 1.29 is 19.0 Å². The van der Waals surface area contributed by atoms with Gasteiger partial charge in [0.1, 0.15) is 11.1 Å². The molecule has 2 saturated carbocycles. The fourth-order valence-electron chi connectivity index (χ4n) is 5.75. The third-order valence-corrected chi connectivity index (χ3v) is 8.11. The van der Waals surface area contributed by atoms with Gasteiger partial charge >= 0.3 is 0 Å². The normalized spacial score (nSPS) is 39.0. The summed E-state index contributed by atoms with van der Waals surface area (Å²) >= 11 is 3.49. The zero-order valence-electron chi connectivity index (χ0n) is 17.7. The first-order chi connectivity index (χ1) is 14.1. The molecule has 2 aliphatic heterocycles. The molecule has 2 aliphatic carbocycles. The van der Waals surface area contributed by atoms with E-state index in [-0.39, 0.29) is 35.3 Å². The molecule has 29 heavy (non-hydrogen) atoms. The van der Waals surface area contributed by atoms with Gasteiger partial charge in [-0.25, -0.2) is 5.01 Å². The van der Waals surface area contributed by atoms with Gasteiger partial charge in [0.05, 0.1) is 18.2 Å². The predicted octanol–water partition coefficient (Wildman–Crippen LogP) is 4.25. The second kappa shape index (κ2) is 9.75. The summed E-state index contributed by atoms with van der Waals surface area (Å²) < 4.78 is 17.2. The summed E-state index contributed by atoms with van der Waals surface area (Å²) in [5, 5.41) is 6.79. The number of hydrazone groups is 1. The minimum Gasteiger partial charge on any atom is -0.379 e. The van der Waals surface area contributed by atoms with Crippen LogP contribution in [0.25, 0.3) is 0 Å². The van der Waals surface area contributed by atoms with Gasteiger partial charge in [0.25, 0.3) is 5.91 Å². The number of alkyl halides is 1. The van der Waals surface area contributed by atoms with Crippen LogP contribution in [0.2, 0.25) is 0 Å². The topological polar surface area (TPSA) is 60.4 Å². The molecular weight excluding hydrogens is 436 g/mol.